The van der Waals surface area contributed by atoms with Crippen molar-refractivity contribution >= 4 is 22.7 Å². The first-order chi connectivity index (χ1) is 7.95. The SMILES string of the molecule is CO[S@@](=O)Oc1ccc([N+](=O)[O-])cc1[N+](=O)[O-]. The van der Waals surface area contributed by atoms with Crippen LogP contribution in [-0.4, -0.2) is 21.2 Å². The Hall–Kier alpha value is -2.07. The number of rotatable bonds is 5. The molecule has 0 radical (unpaired) electrons. The fourth-order valence-corrected chi connectivity index (χ4v) is 1.30. The maximum absolute atomic E-state index is 10.9. The Morgan fingerprint density at radius 2 is 1.88 bits per heavy atom. The summed E-state index contributed by atoms with van der Waals surface area (Å²) in [6.45, 7) is 0. The first-order valence-electron chi connectivity index (χ1n) is 4.03. The fraction of sp³-hybridized carbons (Fsp3) is 0.143. The lowest BCUT2D eigenvalue weighted by Crippen LogP contribution is -2.04. The van der Waals surface area contributed by atoms with Crippen molar-refractivity contribution in [2.75, 3.05) is 7.11 Å². The molecule has 9 nitrogen and oxygen atoms in total. The van der Waals surface area contributed by atoms with Crippen molar-refractivity contribution in [3.8, 4) is 5.75 Å². The third-order valence-corrected chi connectivity index (χ3v) is 2.23. The minimum absolute atomic E-state index is 0.374. The zero-order valence-electron chi connectivity index (χ0n) is 8.39. The van der Waals surface area contributed by atoms with Crippen LogP contribution in [0.1, 0.15) is 0 Å². The van der Waals surface area contributed by atoms with Crippen LogP contribution in [0.5, 0.6) is 5.75 Å². The molecule has 92 valence electrons. The number of nitro benzene ring substituents is 2. The summed E-state index contributed by atoms with van der Waals surface area (Å²) in [5.41, 5.74) is -1.13. The largest absolute Gasteiger partial charge is 0.373 e. The summed E-state index contributed by atoms with van der Waals surface area (Å²) >= 11 is -2.20. The summed E-state index contributed by atoms with van der Waals surface area (Å²) < 4.78 is 19.7. The molecule has 0 aliphatic carbocycles. The lowest BCUT2D eigenvalue weighted by Gasteiger charge is -2.02. The molecule has 0 aliphatic heterocycles. The van der Waals surface area contributed by atoms with Gasteiger partial charge in [-0.05, 0) is 6.07 Å². The van der Waals surface area contributed by atoms with Crippen molar-refractivity contribution in [2.45, 2.75) is 0 Å². The Morgan fingerprint density at radius 3 is 2.35 bits per heavy atom. The number of hydrogen-bond donors (Lipinski definition) is 0. The molecule has 0 amide bonds. The Balaban J connectivity index is 3.17. The molecule has 1 aromatic carbocycles. The van der Waals surface area contributed by atoms with Crippen LogP contribution < -0.4 is 4.18 Å². The van der Waals surface area contributed by atoms with Gasteiger partial charge in [0, 0.05) is 6.07 Å². The van der Waals surface area contributed by atoms with E-state index in [4.69, 9.17) is 0 Å². The average Bonchev–Trinajstić information content (AvgIpc) is 2.28. The number of non-ortho nitro benzene ring substituents is 1. The molecule has 0 bridgehead atoms. The molecule has 0 heterocycles. The van der Waals surface area contributed by atoms with Crippen molar-refractivity contribution in [1.82, 2.24) is 0 Å². The van der Waals surface area contributed by atoms with Gasteiger partial charge >= 0.3 is 17.0 Å². The molecule has 17 heavy (non-hydrogen) atoms. The molecule has 0 saturated carbocycles. The molecule has 0 fully saturated rings. The van der Waals surface area contributed by atoms with Crippen molar-refractivity contribution in [3.05, 3.63) is 38.4 Å². The highest BCUT2D eigenvalue weighted by Gasteiger charge is 2.22. The van der Waals surface area contributed by atoms with E-state index >= 15 is 0 Å². The second kappa shape index (κ2) is 5.32. The van der Waals surface area contributed by atoms with Crippen LogP contribution in [0.3, 0.4) is 0 Å². The Kier molecular flexibility index (Phi) is 4.06. The maximum atomic E-state index is 10.9. The highest BCUT2D eigenvalue weighted by atomic mass is 32.2. The molecule has 1 atom stereocenters. The van der Waals surface area contributed by atoms with Gasteiger partial charge in [0.15, 0.2) is 0 Å². The van der Waals surface area contributed by atoms with Crippen LogP contribution in [-0.2, 0) is 15.5 Å². The Labute approximate surface area is 97.1 Å². The van der Waals surface area contributed by atoms with Gasteiger partial charge in [0.1, 0.15) is 0 Å². The van der Waals surface area contributed by atoms with Gasteiger partial charge in [0.05, 0.1) is 23.0 Å². The van der Waals surface area contributed by atoms with Crippen molar-refractivity contribution in [2.24, 2.45) is 0 Å². The minimum atomic E-state index is -2.20. The van der Waals surface area contributed by atoms with Gasteiger partial charge in [-0.2, -0.15) is 4.21 Å². The molecule has 0 spiro atoms. The van der Waals surface area contributed by atoms with Gasteiger partial charge in [-0.3, -0.25) is 24.4 Å². The van der Waals surface area contributed by atoms with Crippen molar-refractivity contribution < 1.29 is 22.4 Å². The summed E-state index contributed by atoms with van der Waals surface area (Å²) in [6.07, 6.45) is 0. The zero-order chi connectivity index (χ0) is 13.0. The van der Waals surface area contributed by atoms with Gasteiger partial charge in [0.2, 0.25) is 5.75 Å². The van der Waals surface area contributed by atoms with Gasteiger partial charge in [0.25, 0.3) is 5.69 Å². The molecule has 10 heteroatoms. The van der Waals surface area contributed by atoms with E-state index in [2.05, 4.69) is 8.37 Å². The van der Waals surface area contributed by atoms with Crippen LogP contribution in [0.4, 0.5) is 11.4 Å². The first kappa shape index (κ1) is 13.0. The van der Waals surface area contributed by atoms with Crippen LogP contribution in [0.2, 0.25) is 0 Å². The number of nitrogens with zero attached hydrogens (tertiary/aromatic N) is 2. The van der Waals surface area contributed by atoms with E-state index in [0.29, 0.717) is 6.07 Å². The second-order valence-corrected chi connectivity index (χ2v) is 3.53. The molecule has 1 rings (SSSR count). The lowest BCUT2D eigenvalue weighted by molar-refractivity contribution is -0.394. The van der Waals surface area contributed by atoms with Gasteiger partial charge in [-0.1, -0.05) is 0 Å². The Morgan fingerprint density at radius 1 is 1.24 bits per heavy atom. The number of nitro groups is 2. The smallest absolute Gasteiger partial charge is 0.360 e. The van der Waals surface area contributed by atoms with E-state index in [1.165, 1.54) is 0 Å². The van der Waals surface area contributed by atoms with Crippen molar-refractivity contribution in [1.29, 1.82) is 0 Å². The maximum Gasteiger partial charge on any atom is 0.360 e. The molecule has 0 unspecified atom stereocenters. The third-order valence-electron chi connectivity index (χ3n) is 1.64. The van der Waals surface area contributed by atoms with Gasteiger partial charge in [-0.15, -0.1) is 0 Å². The van der Waals surface area contributed by atoms with Gasteiger partial charge < -0.3 is 4.18 Å². The Bertz CT molecular complexity index is 489. The predicted octanol–water partition coefficient (Wildman–Crippen LogP) is 1.11. The monoisotopic (exact) mass is 262 g/mol. The van der Waals surface area contributed by atoms with Crippen LogP contribution in [0.25, 0.3) is 0 Å². The quantitative estimate of drug-likeness (QED) is 0.575. The highest BCUT2D eigenvalue weighted by Crippen LogP contribution is 2.31. The number of benzene rings is 1. The van der Waals surface area contributed by atoms with E-state index in [-0.39, 0.29) is 5.75 Å². The van der Waals surface area contributed by atoms with Crippen LogP contribution in [0.15, 0.2) is 18.2 Å². The third kappa shape index (κ3) is 3.19. The first-order valence-corrected chi connectivity index (χ1v) is 5.03. The molecule has 0 aromatic heterocycles. The van der Waals surface area contributed by atoms with E-state index in [1.807, 2.05) is 0 Å². The second-order valence-electron chi connectivity index (χ2n) is 2.62. The molecule has 0 N–H and O–H groups in total. The summed E-state index contributed by atoms with van der Waals surface area (Å²) in [5, 5.41) is 21.1. The molecular formula is C7H6N2O7S. The zero-order valence-corrected chi connectivity index (χ0v) is 9.21. The molecule has 0 aliphatic rings. The lowest BCUT2D eigenvalue weighted by atomic mass is 10.2. The van der Waals surface area contributed by atoms with Crippen molar-refractivity contribution in [3.63, 3.8) is 0 Å². The normalized spacial score (nSPS) is 11.8. The predicted molar refractivity (Wildman–Crippen MR) is 55.5 cm³/mol. The summed E-state index contributed by atoms with van der Waals surface area (Å²) in [5.74, 6) is -0.374. The van der Waals surface area contributed by atoms with E-state index < -0.39 is 32.6 Å². The topological polar surface area (TPSA) is 122 Å². The minimum Gasteiger partial charge on any atom is -0.373 e. The van der Waals surface area contributed by atoms with E-state index in [9.17, 15) is 24.4 Å². The van der Waals surface area contributed by atoms with E-state index in [1.54, 1.807) is 0 Å². The van der Waals surface area contributed by atoms with Crippen LogP contribution >= 0.6 is 0 Å². The number of hydrogen-bond acceptors (Lipinski definition) is 7. The van der Waals surface area contributed by atoms with Crippen LogP contribution in [0, 0.1) is 20.2 Å². The fourth-order valence-electron chi connectivity index (χ4n) is 0.940. The molecular weight excluding hydrogens is 256 g/mol. The standard InChI is InChI=1S/C7H6N2O7S/c1-15-17(14)16-7-3-2-5(8(10)11)4-6(7)9(12)13/h2-4H,1H3/t17-/m1/s1. The van der Waals surface area contributed by atoms with Gasteiger partial charge in [-0.25, -0.2) is 0 Å². The highest BCUT2D eigenvalue weighted by molar-refractivity contribution is 7.75. The summed E-state index contributed by atoms with van der Waals surface area (Å²) in [6, 6.07) is 2.69. The average molecular weight is 262 g/mol. The summed E-state index contributed by atoms with van der Waals surface area (Å²) in [4.78, 5) is 19.4. The molecule has 1 aromatic rings. The molecule has 0 saturated heterocycles. The van der Waals surface area contributed by atoms with E-state index in [0.717, 1.165) is 19.2 Å². The summed E-state index contributed by atoms with van der Waals surface area (Å²) in [7, 11) is 1.08.